The molecule has 14 heavy (non-hydrogen) atoms. The van der Waals surface area contributed by atoms with Crippen molar-refractivity contribution in [3.05, 3.63) is 45.5 Å². The molecule has 0 N–H and O–H groups in total. The molecule has 2 aromatic rings. The molecule has 0 amide bonds. The number of halogens is 2. The molecule has 0 aromatic carbocycles. The molecule has 0 saturated carbocycles. The molecule has 3 nitrogen and oxygen atoms in total. The van der Waals surface area contributed by atoms with E-state index in [0.717, 1.165) is 0 Å². The predicted octanol–water partition coefficient (Wildman–Crippen LogP) is 2.09. The monoisotopic (exact) mass is 228 g/mol. The zero-order valence-electron chi connectivity index (χ0n) is 7.08. The average molecular weight is 229 g/mol. The lowest BCUT2D eigenvalue weighted by Crippen LogP contribution is -2.15. The maximum Gasteiger partial charge on any atom is 0.259 e. The van der Waals surface area contributed by atoms with Gasteiger partial charge in [-0.05, 0) is 12.1 Å². The van der Waals surface area contributed by atoms with E-state index >= 15 is 0 Å². The predicted molar refractivity (Wildman–Crippen MR) is 56.0 cm³/mol. The van der Waals surface area contributed by atoms with Gasteiger partial charge in [0, 0.05) is 6.07 Å². The Morgan fingerprint density at radius 3 is 2.93 bits per heavy atom. The molecular formula is C9H6Cl2N2O. The van der Waals surface area contributed by atoms with Crippen LogP contribution in [0.2, 0.25) is 5.15 Å². The van der Waals surface area contributed by atoms with E-state index in [2.05, 4.69) is 4.98 Å². The number of fused-ring (bicyclic) bond motifs is 1. The third-order valence-corrected chi connectivity index (χ3v) is 2.40. The summed E-state index contributed by atoms with van der Waals surface area (Å²) in [5, 5.41) is 0.348. The normalized spacial score (nSPS) is 10.7. The first-order valence-electron chi connectivity index (χ1n) is 3.95. The molecule has 0 saturated heterocycles. The highest BCUT2D eigenvalue weighted by Gasteiger charge is 2.03. The van der Waals surface area contributed by atoms with Gasteiger partial charge in [0.05, 0.1) is 11.6 Å². The quantitative estimate of drug-likeness (QED) is 0.554. The summed E-state index contributed by atoms with van der Waals surface area (Å²) in [4.78, 5) is 15.7. The summed E-state index contributed by atoms with van der Waals surface area (Å²) in [7, 11) is 0. The fraction of sp³-hybridized carbons (Fsp3) is 0.111. The molecule has 0 bridgehead atoms. The third kappa shape index (κ3) is 1.49. The first kappa shape index (κ1) is 9.49. The van der Waals surface area contributed by atoms with Crippen molar-refractivity contribution in [3.63, 3.8) is 0 Å². The fourth-order valence-corrected chi connectivity index (χ4v) is 1.61. The zero-order valence-corrected chi connectivity index (χ0v) is 8.59. The summed E-state index contributed by atoms with van der Waals surface area (Å²) in [5.41, 5.74) is 0.857. The van der Waals surface area contributed by atoms with Gasteiger partial charge in [-0.25, -0.2) is 4.98 Å². The van der Waals surface area contributed by atoms with E-state index in [0.29, 0.717) is 16.5 Å². The molecule has 0 radical (unpaired) electrons. The third-order valence-electron chi connectivity index (χ3n) is 1.83. The molecular weight excluding hydrogens is 223 g/mol. The number of hydrogen-bond donors (Lipinski definition) is 0. The fourth-order valence-electron chi connectivity index (χ4n) is 1.23. The van der Waals surface area contributed by atoms with Crippen LogP contribution in [0.1, 0.15) is 5.69 Å². The van der Waals surface area contributed by atoms with E-state index in [1.807, 2.05) is 0 Å². The van der Waals surface area contributed by atoms with Crippen LogP contribution in [0.3, 0.4) is 0 Å². The summed E-state index contributed by atoms with van der Waals surface area (Å²) < 4.78 is 1.33. The van der Waals surface area contributed by atoms with Gasteiger partial charge in [-0.3, -0.25) is 9.20 Å². The minimum absolute atomic E-state index is 0.212. The first-order valence-corrected chi connectivity index (χ1v) is 4.87. The maximum absolute atomic E-state index is 11.6. The summed E-state index contributed by atoms with van der Waals surface area (Å²) in [6, 6.07) is 6.47. The molecule has 5 heteroatoms. The molecule has 0 atom stereocenters. The van der Waals surface area contributed by atoms with Crippen LogP contribution in [0.25, 0.3) is 5.65 Å². The van der Waals surface area contributed by atoms with E-state index in [1.165, 1.54) is 10.5 Å². The van der Waals surface area contributed by atoms with E-state index < -0.39 is 0 Å². The number of pyridine rings is 1. The van der Waals surface area contributed by atoms with Crippen molar-refractivity contribution in [3.8, 4) is 0 Å². The van der Waals surface area contributed by atoms with Crippen LogP contribution in [-0.4, -0.2) is 9.38 Å². The van der Waals surface area contributed by atoms with Gasteiger partial charge in [-0.15, -0.1) is 11.6 Å². The Kier molecular flexibility index (Phi) is 2.44. The first-order chi connectivity index (χ1) is 6.72. The molecule has 0 unspecified atom stereocenters. The second kappa shape index (κ2) is 3.59. The van der Waals surface area contributed by atoms with E-state index in [-0.39, 0.29) is 11.4 Å². The van der Waals surface area contributed by atoms with Crippen LogP contribution in [0.5, 0.6) is 0 Å². The largest absolute Gasteiger partial charge is 0.269 e. The summed E-state index contributed by atoms with van der Waals surface area (Å²) >= 11 is 11.4. The Morgan fingerprint density at radius 1 is 1.43 bits per heavy atom. The molecule has 72 valence electrons. The van der Waals surface area contributed by atoms with Crippen molar-refractivity contribution in [1.29, 1.82) is 0 Å². The van der Waals surface area contributed by atoms with Gasteiger partial charge in [-0.1, -0.05) is 17.7 Å². The second-order valence-corrected chi connectivity index (χ2v) is 3.42. The van der Waals surface area contributed by atoms with Crippen LogP contribution in [0.4, 0.5) is 0 Å². The Bertz CT molecular complexity index is 536. The van der Waals surface area contributed by atoms with Crippen molar-refractivity contribution >= 4 is 28.8 Å². The zero-order chi connectivity index (χ0) is 10.1. The standard InChI is InChI=1S/C9H6Cl2N2O/c10-5-6-4-9(14)13-7(11)2-1-3-8(13)12-6/h1-4H,5H2. The van der Waals surface area contributed by atoms with Gasteiger partial charge in [0.1, 0.15) is 10.8 Å². The second-order valence-electron chi connectivity index (χ2n) is 2.76. The summed E-state index contributed by atoms with van der Waals surface area (Å²) in [6.45, 7) is 0. The van der Waals surface area contributed by atoms with Gasteiger partial charge < -0.3 is 0 Å². The SMILES string of the molecule is O=c1cc(CCl)nc2cccc(Cl)n12. The van der Waals surface area contributed by atoms with Crippen LogP contribution in [-0.2, 0) is 5.88 Å². The van der Waals surface area contributed by atoms with E-state index in [9.17, 15) is 4.79 Å². The lowest BCUT2D eigenvalue weighted by molar-refractivity contribution is 1.01. The van der Waals surface area contributed by atoms with Crippen LogP contribution >= 0.6 is 23.2 Å². The topological polar surface area (TPSA) is 34.4 Å². The summed E-state index contributed by atoms with van der Waals surface area (Å²) in [6.07, 6.45) is 0. The average Bonchev–Trinajstić information content (AvgIpc) is 2.17. The number of nitrogens with zero attached hydrogens (tertiary/aromatic N) is 2. The van der Waals surface area contributed by atoms with E-state index in [4.69, 9.17) is 23.2 Å². The lowest BCUT2D eigenvalue weighted by atomic mass is 10.4. The number of rotatable bonds is 1. The Hall–Kier alpha value is -1.06. The summed E-state index contributed by atoms with van der Waals surface area (Å²) in [5.74, 6) is 0.220. The maximum atomic E-state index is 11.6. The van der Waals surface area contributed by atoms with E-state index in [1.54, 1.807) is 18.2 Å². The van der Waals surface area contributed by atoms with Gasteiger partial charge >= 0.3 is 0 Å². The van der Waals surface area contributed by atoms with Gasteiger partial charge in [0.2, 0.25) is 0 Å². The minimum atomic E-state index is -0.212. The van der Waals surface area contributed by atoms with Gasteiger partial charge in [0.15, 0.2) is 0 Å². The number of aromatic nitrogens is 2. The smallest absolute Gasteiger partial charge is 0.259 e. The van der Waals surface area contributed by atoms with Gasteiger partial charge in [-0.2, -0.15) is 0 Å². The molecule has 0 aliphatic carbocycles. The van der Waals surface area contributed by atoms with Gasteiger partial charge in [0.25, 0.3) is 5.56 Å². The molecule has 0 aliphatic rings. The van der Waals surface area contributed by atoms with Crippen LogP contribution in [0.15, 0.2) is 29.1 Å². The van der Waals surface area contributed by atoms with Crippen molar-refractivity contribution in [2.45, 2.75) is 5.88 Å². The van der Waals surface area contributed by atoms with Crippen molar-refractivity contribution in [2.75, 3.05) is 0 Å². The molecule has 0 aliphatic heterocycles. The Balaban J connectivity index is 2.90. The minimum Gasteiger partial charge on any atom is -0.269 e. The van der Waals surface area contributed by atoms with Crippen molar-refractivity contribution < 1.29 is 0 Å². The molecule has 2 rings (SSSR count). The van der Waals surface area contributed by atoms with Crippen molar-refractivity contribution in [2.24, 2.45) is 0 Å². The highest BCUT2D eigenvalue weighted by atomic mass is 35.5. The van der Waals surface area contributed by atoms with Crippen LogP contribution < -0.4 is 5.56 Å². The lowest BCUT2D eigenvalue weighted by Gasteiger charge is -2.02. The number of hydrogen-bond acceptors (Lipinski definition) is 2. The Labute approximate surface area is 89.9 Å². The van der Waals surface area contributed by atoms with Crippen molar-refractivity contribution in [1.82, 2.24) is 9.38 Å². The highest BCUT2D eigenvalue weighted by Crippen LogP contribution is 2.09. The molecule has 2 heterocycles. The number of alkyl halides is 1. The molecule has 0 fully saturated rings. The Morgan fingerprint density at radius 2 is 2.21 bits per heavy atom. The molecule has 0 spiro atoms. The van der Waals surface area contributed by atoms with Crippen LogP contribution in [0, 0.1) is 0 Å². The highest BCUT2D eigenvalue weighted by molar-refractivity contribution is 6.29. The molecule has 2 aromatic heterocycles.